The number of para-hydroxylation sites is 1. The van der Waals surface area contributed by atoms with Crippen molar-refractivity contribution in [3.8, 4) is 5.75 Å². The summed E-state index contributed by atoms with van der Waals surface area (Å²) < 4.78 is 0. The summed E-state index contributed by atoms with van der Waals surface area (Å²) in [4.78, 5) is 7.75. The van der Waals surface area contributed by atoms with E-state index in [1.807, 2.05) is 33.8 Å². The van der Waals surface area contributed by atoms with Gasteiger partial charge in [0.15, 0.2) is 0 Å². The third-order valence-electron chi connectivity index (χ3n) is 1.51. The Bertz CT molecular complexity index is 383. The Labute approximate surface area is 90.8 Å². The zero-order valence-electron chi connectivity index (χ0n) is 9.73. The summed E-state index contributed by atoms with van der Waals surface area (Å²) in [7, 11) is 0. The summed E-state index contributed by atoms with van der Waals surface area (Å²) in [5.41, 5.74) is 0.600. The average Bonchev–Trinajstić information content (AvgIpc) is 2.35. The lowest BCUT2D eigenvalue weighted by molar-refractivity contribution is 0.480. The summed E-state index contributed by atoms with van der Waals surface area (Å²) >= 11 is 0. The van der Waals surface area contributed by atoms with Gasteiger partial charge in [0.1, 0.15) is 17.6 Å². The second-order valence-electron chi connectivity index (χ2n) is 2.24. The Morgan fingerprint density at radius 2 is 1.73 bits per heavy atom. The lowest BCUT2D eigenvalue weighted by Gasteiger charge is -1.96. The number of hydrogen-bond acceptors (Lipinski definition) is 3. The molecule has 0 bridgehead atoms. The summed E-state index contributed by atoms with van der Waals surface area (Å²) in [6, 6.07) is 5.23. The van der Waals surface area contributed by atoms with Crippen molar-refractivity contribution in [2.24, 2.45) is 0 Å². The molecule has 3 nitrogen and oxygen atoms in total. The van der Waals surface area contributed by atoms with E-state index in [2.05, 4.69) is 9.97 Å². The van der Waals surface area contributed by atoms with Gasteiger partial charge in [-0.3, -0.25) is 0 Å². The largest absolute Gasteiger partial charge is 0.506 e. The van der Waals surface area contributed by atoms with E-state index in [9.17, 15) is 5.11 Å². The Morgan fingerprint density at radius 3 is 2.33 bits per heavy atom. The van der Waals surface area contributed by atoms with Crippen molar-refractivity contribution >= 4 is 10.9 Å². The van der Waals surface area contributed by atoms with E-state index in [0.29, 0.717) is 5.52 Å². The maximum atomic E-state index is 9.28. The average molecular weight is 206 g/mol. The molecule has 0 saturated heterocycles. The highest BCUT2D eigenvalue weighted by Crippen LogP contribution is 2.19. The molecule has 0 spiro atoms. The van der Waals surface area contributed by atoms with Crippen LogP contribution in [0.1, 0.15) is 27.7 Å². The van der Waals surface area contributed by atoms with Gasteiger partial charge in [-0.05, 0) is 6.07 Å². The minimum Gasteiger partial charge on any atom is -0.506 e. The van der Waals surface area contributed by atoms with Crippen molar-refractivity contribution in [1.29, 1.82) is 0 Å². The van der Waals surface area contributed by atoms with Crippen LogP contribution in [0.2, 0.25) is 0 Å². The molecule has 0 radical (unpaired) electrons. The minimum absolute atomic E-state index is 0.199. The number of aromatic nitrogens is 2. The number of phenols is 1. The van der Waals surface area contributed by atoms with Crippen molar-refractivity contribution in [1.82, 2.24) is 9.97 Å². The van der Waals surface area contributed by atoms with Crippen LogP contribution < -0.4 is 0 Å². The number of fused-ring (bicyclic) bond motifs is 1. The first-order valence-corrected chi connectivity index (χ1v) is 5.25. The molecule has 0 saturated carbocycles. The van der Waals surface area contributed by atoms with E-state index in [-0.39, 0.29) is 5.75 Å². The molecule has 0 amide bonds. The maximum Gasteiger partial charge on any atom is 0.141 e. The van der Waals surface area contributed by atoms with Crippen LogP contribution in [0.5, 0.6) is 5.75 Å². The quantitative estimate of drug-likeness (QED) is 0.718. The minimum atomic E-state index is 0.199. The van der Waals surface area contributed by atoms with Crippen LogP contribution >= 0.6 is 0 Å². The van der Waals surface area contributed by atoms with Crippen molar-refractivity contribution < 1.29 is 5.11 Å². The van der Waals surface area contributed by atoms with Crippen molar-refractivity contribution in [3.05, 3.63) is 30.7 Å². The van der Waals surface area contributed by atoms with Crippen LogP contribution in [0.25, 0.3) is 10.9 Å². The van der Waals surface area contributed by atoms with E-state index in [1.54, 1.807) is 18.3 Å². The number of rotatable bonds is 0. The molecule has 0 unspecified atom stereocenters. The summed E-state index contributed by atoms with van der Waals surface area (Å²) in [6.45, 7) is 8.00. The summed E-state index contributed by atoms with van der Waals surface area (Å²) in [5.74, 6) is 0.199. The predicted molar refractivity (Wildman–Crippen MR) is 63.9 cm³/mol. The van der Waals surface area contributed by atoms with Crippen LogP contribution in [0.4, 0.5) is 0 Å². The van der Waals surface area contributed by atoms with Crippen LogP contribution in [-0.2, 0) is 0 Å². The van der Waals surface area contributed by atoms with E-state index in [4.69, 9.17) is 0 Å². The lowest BCUT2D eigenvalue weighted by Crippen LogP contribution is -1.79. The maximum absolute atomic E-state index is 9.28. The molecule has 2 aromatic rings. The molecule has 1 aromatic carbocycles. The second kappa shape index (κ2) is 7.74. The van der Waals surface area contributed by atoms with Gasteiger partial charge in [-0.1, -0.05) is 39.8 Å². The number of phenolic OH excluding ortho intramolecular Hbond substituents is 1. The molecule has 0 atom stereocenters. The Kier molecular flexibility index (Phi) is 6.89. The zero-order chi connectivity index (χ0) is 11.7. The first-order chi connectivity index (χ1) is 7.38. The van der Waals surface area contributed by atoms with Gasteiger partial charge in [0, 0.05) is 11.6 Å². The van der Waals surface area contributed by atoms with Crippen molar-refractivity contribution in [2.45, 2.75) is 27.7 Å². The highest BCUT2D eigenvalue weighted by atomic mass is 16.3. The fourth-order valence-corrected chi connectivity index (χ4v) is 0.998. The molecule has 0 aliphatic carbocycles. The highest BCUT2D eigenvalue weighted by Gasteiger charge is 1.97. The number of hydrogen-bond donors (Lipinski definition) is 1. The fraction of sp³-hybridized carbons (Fsp3) is 0.333. The molecular weight excluding hydrogens is 188 g/mol. The summed E-state index contributed by atoms with van der Waals surface area (Å²) in [5, 5.41) is 10.1. The van der Waals surface area contributed by atoms with Gasteiger partial charge < -0.3 is 5.11 Å². The van der Waals surface area contributed by atoms with Crippen LogP contribution in [-0.4, -0.2) is 15.1 Å². The normalized spacial score (nSPS) is 8.27. The summed E-state index contributed by atoms with van der Waals surface area (Å²) in [6.07, 6.45) is 3.09. The second-order valence-corrected chi connectivity index (χ2v) is 2.24. The van der Waals surface area contributed by atoms with Crippen molar-refractivity contribution in [2.75, 3.05) is 0 Å². The molecular formula is C12H18N2O. The molecule has 0 aliphatic heterocycles. The van der Waals surface area contributed by atoms with Gasteiger partial charge in [0.25, 0.3) is 0 Å². The van der Waals surface area contributed by atoms with Gasteiger partial charge in [-0.25, -0.2) is 9.97 Å². The Balaban J connectivity index is 0.000000442. The number of benzene rings is 1. The first kappa shape index (κ1) is 13.4. The van der Waals surface area contributed by atoms with Crippen LogP contribution in [0.3, 0.4) is 0 Å². The Morgan fingerprint density at radius 1 is 1.07 bits per heavy atom. The predicted octanol–water partition coefficient (Wildman–Crippen LogP) is 3.39. The van der Waals surface area contributed by atoms with E-state index >= 15 is 0 Å². The molecule has 3 heteroatoms. The standard InChI is InChI=1S/C8H6N2O.2C2H6/c11-7-3-1-2-6-4-9-5-10-8(6)7;2*1-2/h1-5,11H;2*1-2H3. The molecule has 1 aromatic heterocycles. The van der Waals surface area contributed by atoms with Gasteiger partial charge >= 0.3 is 0 Å². The molecule has 1 N–H and O–H groups in total. The highest BCUT2D eigenvalue weighted by molar-refractivity contribution is 5.82. The van der Waals surface area contributed by atoms with Crippen molar-refractivity contribution in [3.63, 3.8) is 0 Å². The van der Waals surface area contributed by atoms with Gasteiger partial charge in [0.2, 0.25) is 0 Å². The first-order valence-electron chi connectivity index (χ1n) is 5.25. The SMILES string of the molecule is CC.CC.Oc1cccc2cncnc12. The van der Waals surface area contributed by atoms with Crippen LogP contribution in [0, 0.1) is 0 Å². The molecule has 82 valence electrons. The molecule has 0 aliphatic rings. The zero-order valence-corrected chi connectivity index (χ0v) is 9.73. The van der Waals surface area contributed by atoms with Gasteiger partial charge in [-0.15, -0.1) is 0 Å². The number of nitrogens with zero attached hydrogens (tertiary/aromatic N) is 2. The molecule has 2 rings (SSSR count). The van der Waals surface area contributed by atoms with Crippen LogP contribution in [0.15, 0.2) is 30.7 Å². The van der Waals surface area contributed by atoms with E-state index in [1.165, 1.54) is 6.33 Å². The van der Waals surface area contributed by atoms with Gasteiger partial charge in [0.05, 0.1) is 0 Å². The molecule has 15 heavy (non-hydrogen) atoms. The third kappa shape index (κ3) is 3.54. The van der Waals surface area contributed by atoms with E-state index in [0.717, 1.165) is 5.39 Å². The smallest absolute Gasteiger partial charge is 0.141 e. The monoisotopic (exact) mass is 206 g/mol. The molecule has 1 heterocycles. The fourth-order valence-electron chi connectivity index (χ4n) is 0.998. The topological polar surface area (TPSA) is 46.0 Å². The Hall–Kier alpha value is -1.64. The third-order valence-corrected chi connectivity index (χ3v) is 1.51. The molecule has 0 fully saturated rings. The van der Waals surface area contributed by atoms with E-state index < -0.39 is 0 Å². The number of aromatic hydroxyl groups is 1. The lowest BCUT2D eigenvalue weighted by atomic mass is 10.2. The van der Waals surface area contributed by atoms with Gasteiger partial charge in [-0.2, -0.15) is 0 Å².